The van der Waals surface area contributed by atoms with Gasteiger partial charge in [0.25, 0.3) is 0 Å². The molecule has 2 heterocycles. The Morgan fingerprint density at radius 2 is 2.00 bits per heavy atom. The van der Waals surface area contributed by atoms with Gasteiger partial charge in [0, 0.05) is 31.6 Å². The van der Waals surface area contributed by atoms with E-state index in [-0.39, 0.29) is 0 Å². The minimum atomic E-state index is 0.692. The average Bonchev–Trinajstić information content (AvgIpc) is 2.76. The molecule has 1 aliphatic heterocycles. The second-order valence-electron chi connectivity index (χ2n) is 4.95. The molecule has 1 saturated heterocycles. The van der Waals surface area contributed by atoms with Crippen LogP contribution in [0.4, 0.5) is 0 Å². The quantitative estimate of drug-likeness (QED) is 0.832. The highest BCUT2D eigenvalue weighted by molar-refractivity contribution is 6.34. The number of fused-ring (bicyclic) bond motifs is 1. The van der Waals surface area contributed by atoms with Gasteiger partial charge in [-0.3, -0.25) is 4.90 Å². The minimum absolute atomic E-state index is 0.692. The molecule has 4 heteroatoms. The summed E-state index contributed by atoms with van der Waals surface area (Å²) in [5, 5.41) is 1.78. The lowest BCUT2D eigenvalue weighted by Crippen LogP contribution is -2.43. The molecule has 0 amide bonds. The lowest BCUT2D eigenvalue weighted by Gasteiger charge is -2.31. The molecular formula is C14H17ClN2O. The van der Waals surface area contributed by atoms with Crippen molar-refractivity contribution >= 4 is 22.6 Å². The van der Waals surface area contributed by atoms with Gasteiger partial charge in [0.05, 0.1) is 11.6 Å². The number of hydrogen-bond donors (Lipinski definition) is 0. The molecule has 96 valence electrons. The average molecular weight is 265 g/mol. The number of hydrogen-bond acceptors (Lipinski definition) is 3. The first-order valence-corrected chi connectivity index (χ1v) is 6.68. The Kier molecular flexibility index (Phi) is 3.29. The van der Waals surface area contributed by atoms with Gasteiger partial charge in [-0.15, -0.1) is 0 Å². The summed E-state index contributed by atoms with van der Waals surface area (Å²) >= 11 is 6.12. The first-order chi connectivity index (χ1) is 8.72. The Bertz CT molecular complexity index is 544. The van der Waals surface area contributed by atoms with Gasteiger partial charge in [-0.1, -0.05) is 23.7 Å². The SMILES string of the molecule is CN1CCN(Cc2cc3cccc(Cl)c3o2)CC1. The maximum atomic E-state index is 6.12. The summed E-state index contributed by atoms with van der Waals surface area (Å²) in [4.78, 5) is 4.78. The van der Waals surface area contributed by atoms with Gasteiger partial charge in [0.1, 0.15) is 5.76 Å². The Hall–Kier alpha value is -1.03. The highest BCUT2D eigenvalue weighted by atomic mass is 35.5. The maximum Gasteiger partial charge on any atom is 0.152 e. The number of piperazine rings is 1. The monoisotopic (exact) mass is 264 g/mol. The van der Waals surface area contributed by atoms with E-state index in [9.17, 15) is 0 Å². The molecule has 0 unspecified atom stereocenters. The molecule has 0 atom stereocenters. The van der Waals surface area contributed by atoms with E-state index in [0.29, 0.717) is 5.02 Å². The zero-order valence-electron chi connectivity index (χ0n) is 10.5. The van der Waals surface area contributed by atoms with E-state index in [2.05, 4.69) is 22.9 Å². The smallest absolute Gasteiger partial charge is 0.152 e. The van der Waals surface area contributed by atoms with Crippen LogP contribution in [-0.4, -0.2) is 43.0 Å². The maximum absolute atomic E-state index is 6.12. The Labute approximate surface area is 112 Å². The van der Waals surface area contributed by atoms with Crippen molar-refractivity contribution in [1.29, 1.82) is 0 Å². The van der Waals surface area contributed by atoms with Crippen LogP contribution in [0.2, 0.25) is 5.02 Å². The van der Waals surface area contributed by atoms with Crippen molar-refractivity contribution in [1.82, 2.24) is 9.80 Å². The second-order valence-corrected chi connectivity index (χ2v) is 5.36. The van der Waals surface area contributed by atoms with Crippen LogP contribution in [0.3, 0.4) is 0 Å². The molecule has 3 nitrogen and oxygen atoms in total. The summed E-state index contributed by atoms with van der Waals surface area (Å²) in [6.07, 6.45) is 0. The number of para-hydroxylation sites is 1. The zero-order chi connectivity index (χ0) is 12.5. The normalized spacial score (nSPS) is 18.6. The number of nitrogens with zero attached hydrogens (tertiary/aromatic N) is 2. The van der Waals surface area contributed by atoms with E-state index < -0.39 is 0 Å². The summed E-state index contributed by atoms with van der Waals surface area (Å²) in [5.74, 6) is 1.00. The molecule has 0 aliphatic carbocycles. The number of furan rings is 1. The van der Waals surface area contributed by atoms with Gasteiger partial charge < -0.3 is 9.32 Å². The Morgan fingerprint density at radius 3 is 2.72 bits per heavy atom. The summed E-state index contributed by atoms with van der Waals surface area (Å²) in [6, 6.07) is 7.96. The number of halogens is 1. The molecule has 0 radical (unpaired) electrons. The molecule has 0 saturated carbocycles. The fourth-order valence-electron chi connectivity index (χ4n) is 2.39. The molecule has 18 heavy (non-hydrogen) atoms. The Morgan fingerprint density at radius 1 is 1.22 bits per heavy atom. The third-order valence-corrected chi connectivity index (χ3v) is 3.82. The van der Waals surface area contributed by atoms with Crippen LogP contribution < -0.4 is 0 Å². The van der Waals surface area contributed by atoms with Gasteiger partial charge >= 0.3 is 0 Å². The van der Waals surface area contributed by atoms with Gasteiger partial charge in [-0.05, 0) is 19.2 Å². The van der Waals surface area contributed by atoms with Crippen LogP contribution in [0.15, 0.2) is 28.7 Å². The van der Waals surface area contributed by atoms with Crippen molar-refractivity contribution in [2.75, 3.05) is 33.2 Å². The van der Waals surface area contributed by atoms with E-state index in [1.165, 1.54) is 0 Å². The van der Waals surface area contributed by atoms with E-state index in [0.717, 1.165) is 49.5 Å². The standard InChI is InChI=1S/C14H17ClN2O/c1-16-5-7-17(8-6-16)10-12-9-11-3-2-4-13(15)14(11)18-12/h2-4,9H,5-8,10H2,1H3. The molecule has 1 aromatic heterocycles. The van der Waals surface area contributed by atoms with Gasteiger partial charge in [0.2, 0.25) is 0 Å². The molecule has 2 aromatic rings. The summed E-state index contributed by atoms with van der Waals surface area (Å²) in [5.41, 5.74) is 0.809. The third-order valence-electron chi connectivity index (χ3n) is 3.52. The van der Waals surface area contributed by atoms with Crippen LogP contribution >= 0.6 is 11.6 Å². The predicted molar refractivity (Wildman–Crippen MR) is 74.0 cm³/mol. The fourth-order valence-corrected chi connectivity index (χ4v) is 2.61. The Balaban J connectivity index is 1.77. The topological polar surface area (TPSA) is 19.6 Å². The molecular weight excluding hydrogens is 248 g/mol. The second kappa shape index (κ2) is 4.92. The van der Waals surface area contributed by atoms with Crippen molar-refractivity contribution in [3.8, 4) is 0 Å². The molecule has 0 spiro atoms. The first-order valence-electron chi connectivity index (χ1n) is 6.30. The van der Waals surface area contributed by atoms with Crippen molar-refractivity contribution in [3.05, 3.63) is 35.0 Å². The van der Waals surface area contributed by atoms with E-state index >= 15 is 0 Å². The number of benzene rings is 1. The van der Waals surface area contributed by atoms with Gasteiger partial charge in [-0.25, -0.2) is 0 Å². The predicted octanol–water partition coefficient (Wildman–Crippen LogP) is 2.83. The molecule has 1 aromatic carbocycles. The van der Waals surface area contributed by atoms with Crippen molar-refractivity contribution in [3.63, 3.8) is 0 Å². The van der Waals surface area contributed by atoms with Crippen LogP contribution in [0.1, 0.15) is 5.76 Å². The van der Waals surface area contributed by atoms with Crippen molar-refractivity contribution < 1.29 is 4.42 Å². The zero-order valence-corrected chi connectivity index (χ0v) is 11.3. The summed E-state index contributed by atoms with van der Waals surface area (Å²) < 4.78 is 5.84. The molecule has 3 rings (SSSR count). The van der Waals surface area contributed by atoms with Crippen LogP contribution in [0.5, 0.6) is 0 Å². The molecule has 1 fully saturated rings. The van der Waals surface area contributed by atoms with E-state index in [1.807, 2.05) is 18.2 Å². The molecule has 1 aliphatic rings. The van der Waals surface area contributed by atoms with Gasteiger partial charge in [0.15, 0.2) is 5.58 Å². The van der Waals surface area contributed by atoms with Crippen LogP contribution in [-0.2, 0) is 6.54 Å². The van der Waals surface area contributed by atoms with Crippen LogP contribution in [0, 0.1) is 0 Å². The molecule has 0 N–H and O–H groups in total. The summed E-state index contributed by atoms with van der Waals surface area (Å²) in [7, 11) is 2.16. The lowest BCUT2D eigenvalue weighted by molar-refractivity contribution is 0.141. The van der Waals surface area contributed by atoms with Crippen LogP contribution in [0.25, 0.3) is 11.0 Å². The summed E-state index contributed by atoms with van der Waals surface area (Å²) in [6.45, 7) is 5.32. The highest BCUT2D eigenvalue weighted by Crippen LogP contribution is 2.27. The third kappa shape index (κ3) is 2.39. The first kappa shape index (κ1) is 12.0. The number of likely N-dealkylation sites (N-methyl/N-ethyl adjacent to an activating group) is 1. The lowest BCUT2D eigenvalue weighted by atomic mass is 10.2. The van der Waals surface area contributed by atoms with Crippen molar-refractivity contribution in [2.45, 2.75) is 6.54 Å². The van der Waals surface area contributed by atoms with Crippen molar-refractivity contribution in [2.24, 2.45) is 0 Å². The largest absolute Gasteiger partial charge is 0.458 e. The molecule has 0 bridgehead atoms. The minimum Gasteiger partial charge on any atom is -0.458 e. The highest BCUT2D eigenvalue weighted by Gasteiger charge is 2.16. The van der Waals surface area contributed by atoms with Gasteiger partial charge in [-0.2, -0.15) is 0 Å². The number of rotatable bonds is 2. The fraction of sp³-hybridized carbons (Fsp3) is 0.429. The van der Waals surface area contributed by atoms with E-state index in [4.69, 9.17) is 16.0 Å². The van der Waals surface area contributed by atoms with E-state index in [1.54, 1.807) is 0 Å².